The second-order valence-electron chi connectivity index (χ2n) is 5.52. The van der Waals surface area contributed by atoms with Crippen LogP contribution in [0.2, 0.25) is 0 Å². The number of benzene rings is 1. The highest BCUT2D eigenvalue weighted by molar-refractivity contribution is 7.18. The Morgan fingerprint density at radius 3 is 2.72 bits per heavy atom. The van der Waals surface area contributed by atoms with E-state index in [1.807, 2.05) is 44.2 Å². The molecule has 0 aliphatic heterocycles. The summed E-state index contributed by atoms with van der Waals surface area (Å²) in [5.41, 5.74) is 0.695. The molecule has 0 aliphatic rings. The maximum absolute atomic E-state index is 12.5. The Kier molecular flexibility index (Phi) is 5.14. The average Bonchev–Trinajstić information content (AvgIpc) is 2.90. The number of fused-ring (bicyclic) bond motifs is 1. The number of aryl methyl sites for hydroxylation is 2. The van der Waals surface area contributed by atoms with Crippen LogP contribution in [0.4, 0.5) is 0 Å². The first-order valence-corrected chi connectivity index (χ1v) is 8.66. The molecule has 3 aromatic rings. The van der Waals surface area contributed by atoms with Gasteiger partial charge in [-0.2, -0.15) is 0 Å². The summed E-state index contributed by atoms with van der Waals surface area (Å²) in [6.07, 6.45) is 1.39. The third kappa shape index (κ3) is 3.88. The normalized spacial score (nSPS) is 10.8. The molecule has 0 N–H and O–H groups in total. The van der Waals surface area contributed by atoms with Crippen molar-refractivity contribution in [2.45, 2.75) is 20.4 Å². The van der Waals surface area contributed by atoms with E-state index < -0.39 is 5.97 Å². The molecular weight excluding hydrogens is 340 g/mol. The lowest BCUT2D eigenvalue weighted by Gasteiger charge is -2.08. The molecule has 0 atom stereocenters. The Hall–Kier alpha value is -2.67. The van der Waals surface area contributed by atoms with Crippen molar-refractivity contribution in [1.82, 2.24) is 9.55 Å². The Bertz CT molecular complexity index is 947. The van der Waals surface area contributed by atoms with Gasteiger partial charge in [-0.25, -0.2) is 4.98 Å². The van der Waals surface area contributed by atoms with Crippen molar-refractivity contribution in [3.63, 3.8) is 0 Å². The number of rotatable bonds is 6. The zero-order chi connectivity index (χ0) is 17.8. The number of carbonyl (C=O) groups excluding carboxylic acids is 1. The SMILES string of the molecule is Cc1sc2ncn(CC(=O)OCCOc3ccccc3)c(=O)c2c1C. The Balaban J connectivity index is 1.58. The predicted molar refractivity (Wildman–Crippen MR) is 96.3 cm³/mol. The van der Waals surface area contributed by atoms with Crippen molar-refractivity contribution < 1.29 is 14.3 Å². The summed E-state index contributed by atoms with van der Waals surface area (Å²) < 4.78 is 11.9. The number of hydrogen-bond donors (Lipinski definition) is 0. The van der Waals surface area contributed by atoms with E-state index in [2.05, 4.69) is 4.98 Å². The van der Waals surface area contributed by atoms with E-state index in [0.29, 0.717) is 16.0 Å². The number of para-hydroxylation sites is 1. The van der Waals surface area contributed by atoms with Crippen LogP contribution in [0.3, 0.4) is 0 Å². The number of esters is 1. The van der Waals surface area contributed by atoms with Crippen LogP contribution in [0.15, 0.2) is 41.5 Å². The van der Waals surface area contributed by atoms with Crippen LogP contribution in [0.5, 0.6) is 5.75 Å². The molecular formula is C18H18N2O4S. The van der Waals surface area contributed by atoms with Crippen LogP contribution in [0.25, 0.3) is 10.2 Å². The van der Waals surface area contributed by atoms with Crippen LogP contribution < -0.4 is 10.3 Å². The van der Waals surface area contributed by atoms with Gasteiger partial charge in [-0.1, -0.05) is 18.2 Å². The maximum atomic E-state index is 12.5. The number of carbonyl (C=O) groups is 1. The lowest BCUT2D eigenvalue weighted by Crippen LogP contribution is -2.26. The monoisotopic (exact) mass is 358 g/mol. The van der Waals surface area contributed by atoms with Crippen LogP contribution in [0, 0.1) is 13.8 Å². The molecule has 2 aromatic heterocycles. The lowest BCUT2D eigenvalue weighted by molar-refractivity contribution is -0.145. The van der Waals surface area contributed by atoms with E-state index in [4.69, 9.17) is 9.47 Å². The van der Waals surface area contributed by atoms with Crippen molar-refractivity contribution >= 4 is 27.5 Å². The summed E-state index contributed by atoms with van der Waals surface area (Å²) in [6.45, 7) is 4.05. The van der Waals surface area contributed by atoms with E-state index in [-0.39, 0.29) is 25.3 Å². The smallest absolute Gasteiger partial charge is 0.326 e. The van der Waals surface area contributed by atoms with Gasteiger partial charge >= 0.3 is 5.97 Å². The highest BCUT2D eigenvalue weighted by Gasteiger charge is 2.14. The zero-order valence-electron chi connectivity index (χ0n) is 14.0. The molecule has 0 radical (unpaired) electrons. The van der Waals surface area contributed by atoms with Crippen LogP contribution in [0.1, 0.15) is 10.4 Å². The van der Waals surface area contributed by atoms with E-state index >= 15 is 0 Å². The second-order valence-corrected chi connectivity index (χ2v) is 6.73. The molecule has 25 heavy (non-hydrogen) atoms. The zero-order valence-corrected chi connectivity index (χ0v) is 14.8. The van der Waals surface area contributed by atoms with Gasteiger partial charge in [0.2, 0.25) is 0 Å². The van der Waals surface area contributed by atoms with Crippen molar-refractivity contribution in [1.29, 1.82) is 0 Å². The van der Waals surface area contributed by atoms with Gasteiger partial charge in [0.25, 0.3) is 5.56 Å². The maximum Gasteiger partial charge on any atom is 0.326 e. The third-order valence-electron chi connectivity index (χ3n) is 3.81. The van der Waals surface area contributed by atoms with Crippen molar-refractivity contribution in [2.75, 3.05) is 13.2 Å². The molecule has 3 rings (SSSR count). The first-order valence-electron chi connectivity index (χ1n) is 7.85. The summed E-state index contributed by atoms with van der Waals surface area (Å²) in [5, 5.41) is 0.574. The number of thiophene rings is 1. The third-order valence-corrected chi connectivity index (χ3v) is 4.93. The van der Waals surface area contributed by atoms with Gasteiger partial charge in [-0.05, 0) is 31.5 Å². The molecule has 0 aliphatic carbocycles. The Labute approximate surface area is 148 Å². The quantitative estimate of drug-likeness (QED) is 0.500. The summed E-state index contributed by atoms with van der Waals surface area (Å²) in [4.78, 5) is 30.5. The topological polar surface area (TPSA) is 70.4 Å². The van der Waals surface area contributed by atoms with E-state index in [9.17, 15) is 9.59 Å². The minimum absolute atomic E-state index is 0.120. The molecule has 0 amide bonds. The number of ether oxygens (including phenoxy) is 2. The second kappa shape index (κ2) is 7.48. The molecule has 0 spiro atoms. The van der Waals surface area contributed by atoms with Gasteiger partial charge in [0.05, 0.1) is 11.7 Å². The fourth-order valence-corrected chi connectivity index (χ4v) is 3.39. The molecule has 130 valence electrons. The molecule has 7 heteroatoms. The van der Waals surface area contributed by atoms with Crippen LogP contribution >= 0.6 is 11.3 Å². The summed E-state index contributed by atoms with van der Waals surface area (Å²) >= 11 is 1.48. The van der Waals surface area contributed by atoms with Crippen molar-refractivity contribution in [3.8, 4) is 5.75 Å². The Morgan fingerprint density at radius 1 is 1.20 bits per heavy atom. The molecule has 0 bridgehead atoms. The van der Waals surface area contributed by atoms with E-state index in [1.165, 1.54) is 22.2 Å². The average molecular weight is 358 g/mol. The van der Waals surface area contributed by atoms with Gasteiger partial charge in [0.1, 0.15) is 30.3 Å². The first-order chi connectivity index (χ1) is 12.1. The van der Waals surface area contributed by atoms with Gasteiger partial charge in [0, 0.05) is 4.88 Å². The van der Waals surface area contributed by atoms with Gasteiger partial charge < -0.3 is 9.47 Å². The van der Waals surface area contributed by atoms with Gasteiger partial charge in [0.15, 0.2) is 0 Å². The van der Waals surface area contributed by atoms with E-state index in [0.717, 1.165) is 10.4 Å². The van der Waals surface area contributed by atoms with Crippen molar-refractivity contribution in [3.05, 3.63) is 57.5 Å². The molecule has 0 unspecified atom stereocenters. The highest BCUT2D eigenvalue weighted by Crippen LogP contribution is 2.25. The van der Waals surface area contributed by atoms with Gasteiger partial charge in [-0.15, -0.1) is 11.3 Å². The molecule has 1 aromatic carbocycles. The summed E-state index contributed by atoms with van der Waals surface area (Å²) in [7, 11) is 0. The molecule has 0 saturated carbocycles. The minimum Gasteiger partial charge on any atom is -0.490 e. The molecule has 0 fully saturated rings. The number of hydrogen-bond acceptors (Lipinski definition) is 6. The van der Waals surface area contributed by atoms with Crippen molar-refractivity contribution in [2.24, 2.45) is 0 Å². The minimum atomic E-state index is -0.496. The summed E-state index contributed by atoms with van der Waals surface area (Å²) in [6, 6.07) is 9.28. The molecule has 2 heterocycles. The summed E-state index contributed by atoms with van der Waals surface area (Å²) in [5.74, 6) is 0.220. The number of aromatic nitrogens is 2. The molecule has 0 saturated heterocycles. The van der Waals surface area contributed by atoms with Gasteiger partial charge in [-0.3, -0.25) is 14.2 Å². The fourth-order valence-electron chi connectivity index (χ4n) is 2.40. The van der Waals surface area contributed by atoms with Crippen LogP contribution in [-0.4, -0.2) is 28.7 Å². The van der Waals surface area contributed by atoms with Crippen LogP contribution in [-0.2, 0) is 16.1 Å². The highest BCUT2D eigenvalue weighted by atomic mass is 32.1. The predicted octanol–water partition coefficient (Wildman–Crippen LogP) is 2.70. The Morgan fingerprint density at radius 2 is 1.96 bits per heavy atom. The fraction of sp³-hybridized carbons (Fsp3) is 0.278. The first kappa shape index (κ1) is 17.2. The standard InChI is InChI=1S/C18H18N2O4S/c1-12-13(2)25-17-16(12)18(22)20(11-19-17)10-15(21)24-9-8-23-14-6-4-3-5-7-14/h3-7,11H,8-10H2,1-2H3. The van der Waals surface area contributed by atoms with E-state index in [1.54, 1.807) is 0 Å². The largest absolute Gasteiger partial charge is 0.490 e. The molecule has 6 nitrogen and oxygen atoms in total. The number of nitrogens with zero attached hydrogens (tertiary/aromatic N) is 2. The lowest BCUT2D eigenvalue weighted by atomic mass is 10.2.